The van der Waals surface area contributed by atoms with Crippen molar-refractivity contribution in [3.63, 3.8) is 0 Å². The van der Waals surface area contributed by atoms with Crippen molar-refractivity contribution in [2.24, 2.45) is 5.92 Å². The molecule has 1 aliphatic carbocycles. The summed E-state index contributed by atoms with van der Waals surface area (Å²) in [6.45, 7) is 1.51. The van der Waals surface area contributed by atoms with E-state index in [2.05, 4.69) is 5.32 Å². The van der Waals surface area contributed by atoms with Crippen molar-refractivity contribution in [1.29, 1.82) is 0 Å². The first-order valence-corrected chi connectivity index (χ1v) is 12.5. The van der Waals surface area contributed by atoms with Gasteiger partial charge < -0.3 is 24.3 Å². The number of ketones is 1. The van der Waals surface area contributed by atoms with Crippen LogP contribution in [0.4, 0.5) is 9.18 Å². The number of hydrogen-bond acceptors (Lipinski definition) is 5. The van der Waals surface area contributed by atoms with Crippen molar-refractivity contribution in [1.82, 2.24) is 14.8 Å². The van der Waals surface area contributed by atoms with Crippen molar-refractivity contribution in [3.05, 3.63) is 70.6 Å². The van der Waals surface area contributed by atoms with Crippen LogP contribution in [0.5, 0.6) is 0 Å². The number of rotatable bonds is 8. The highest BCUT2D eigenvalue weighted by Gasteiger charge is 2.55. The van der Waals surface area contributed by atoms with E-state index in [1.807, 2.05) is 24.3 Å². The number of Topliss-reactive ketones (excluding diaryl/α,β-unsaturated/α-hetero) is 1. The maximum absolute atomic E-state index is 14.6. The summed E-state index contributed by atoms with van der Waals surface area (Å²) < 4.78 is 27.2. The maximum Gasteiger partial charge on any atom is 0.409 e. The number of ether oxygens (including phenoxy) is 2. The van der Waals surface area contributed by atoms with Crippen molar-refractivity contribution < 1.29 is 28.2 Å². The lowest BCUT2D eigenvalue weighted by Crippen LogP contribution is -2.45. The van der Waals surface area contributed by atoms with Gasteiger partial charge in [-0.15, -0.1) is 0 Å². The molecule has 1 saturated carbocycles. The van der Waals surface area contributed by atoms with E-state index in [0.29, 0.717) is 12.0 Å². The van der Waals surface area contributed by atoms with Gasteiger partial charge in [-0.2, -0.15) is 0 Å². The Morgan fingerprint density at radius 1 is 1.16 bits per heavy atom. The quantitative estimate of drug-likeness (QED) is 0.429. The van der Waals surface area contributed by atoms with E-state index in [-0.39, 0.29) is 47.4 Å². The van der Waals surface area contributed by atoms with Crippen LogP contribution in [-0.4, -0.2) is 53.2 Å². The second kappa shape index (κ2) is 10.1. The molecular formula is C27H27ClFN3O5. The number of likely N-dealkylation sites (tertiary alicyclic amines) is 1. The third kappa shape index (κ3) is 4.93. The highest BCUT2D eigenvalue weighted by atomic mass is 35.5. The van der Waals surface area contributed by atoms with Crippen LogP contribution in [0.15, 0.2) is 48.7 Å². The van der Waals surface area contributed by atoms with Gasteiger partial charge in [-0.3, -0.25) is 9.59 Å². The number of halogens is 2. The van der Waals surface area contributed by atoms with Gasteiger partial charge in [-0.1, -0.05) is 41.9 Å². The number of fused-ring (bicyclic) bond motifs is 2. The lowest BCUT2D eigenvalue weighted by atomic mass is 10.1. The minimum atomic E-state index is -0.826. The highest BCUT2D eigenvalue weighted by molar-refractivity contribution is 6.30. The Hall–Kier alpha value is -3.43. The third-order valence-corrected chi connectivity index (χ3v) is 7.34. The molecule has 8 nitrogen and oxygen atoms in total. The minimum Gasteiger partial charge on any atom is -0.425 e. The molecule has 37 heavy (non-hydrogen) atoms. The molecule has 1 aromatic heterocycles. The summed E-state index contributed by atoms with van der Waals surface area (Å²) in [7, 11) is 1.44. The molecule has 0 radical (unpaired) electrons. The largest absolute Gasteiger partial charge is 0.425 e. The molecule has 2 aromatic carbocycles. The standard InChI is InChI=1S/C27H27ClFN3O5/c1-15(33)19-12-31(22-9-4-3-6-17(19)22)13-24(34)32-23-10-16(23)11-25(32)37-27(35)30-21(14-36-2)18-7-5-8-20(28)26(18)29/h3-9,12,16,21,23,25H,10-11,13-14H2,1-2H3,(H,30,35)/t16-,21-,23-,25+/m1/s1. The highest BCUT2D eigenvalue weighted by Crippen LogP contribution is 2.48. The molecule has 0 bridgehead atoms. The van der Waals surface area contributed by atoms with E-state index in [9.17, 15) is 18.8 Å². The molecule has 0 unspecified atom stereocenters. The summed E-state index contributed by atoms with van der Waals surface area (Å²) in [5.74, 6) is -0.649. The number of amides is 2. The van der Waals surface area contributed by atoms with E-state index in [1.54, 1.807) is 21.7 Å². The SMILES string of the molecule is COC[C@@H](NC(=O)O[C@H]1C[C@H]2C[C@H]2N1C(=O)Cn1cc(C(C)=O)c2ccccc21)c1cccc(Cl)c1F. The monoisotopic (exact) mass is 527 g/mol. The van der Waals surface area contributed by atoms with Crippen molar-refractivity contribution >= 4 is 40.3 Å². The zero-order chi connectivity index (χ0) is 26.3. The Morgan fingerprint density at radius 3 is 2.70 bits per heavy atom. The molecular weight excluding hydrogens is 501 g/mol. The van der Waals surface area contributed by atoms with Crippen LogP contribution >= 0.6 is 11.6 Å². The van der Waals surface area contributed by atoms with Crippen LogP contribution in [0.2, 0.25) is 5.02 Å². The Kier molecular flexibility index (Phi) is 6.92. The number of nitrogens with one attached hydrogen (secondary N) is 1. The zero-order valence-electron chi connectivity index (χ0n) is 20.4. The number of hydrogen-bond donors (Lipinski definition) is 1. The summed E-state index contributed by atoms with van der Waals surface area (Å²) in [6, 6.07) is 11.1. The molecule has 2 aliphatic rings. The molecule has 3 aromatic rings. The van der Waals surface area contributed by atoms with Gasteiger partial charge in [0.1, 0.15) is 12.4 Å². The number of carbonyl (C=O) groups is 3. The van der Waals surface area contributed by atoms with Gasteiger partial charge in [-0.05, 0) is 31.4 Å². The van der Waals surface area contributed by atoms with Gasteiger partial charge in [-0.25, -0.2) is 9.18 Å². The molecule has 4 atom stereocenters. The number of piperidine rings is 1. The van der Waals surface area contributed by atoms with Crippen LogP contribution in [0, 0.1) is 11.7 Å². The molecule has 0 spiro atoms. The number of alkyl carbamates (subject to hydrolysis) is 1. The predicted octanol–water partition coefficient (Wildman–Crippen LogP) is 4.70. The van der Waals surface area contributed by atoms with Gasteiger partial charge in [0.05, 0.1) is 17.7 Å². The second-order valence-corrected chi connectivity index (χ2v) is 9.91. The first kappa shape index (κ1) is 25.2. The van der Waals surface area contributed by atoms with Crippen LogP contribution in [0.1, 0.15) is 41.7 Å². The number of aromatic nitrogens is 1. The van der Waals surface area contributed by atoms with Crippen LogP contribution in [-0.2, 0) is 20.8 Å². The summed E-state index contributed by atoms with van der Waals surface area (Å²) >= 11 is 5.90. The van der Waals surface area contributed by atoms with E-state index in [1.165, 1.54) is 26.2 Å². The predicted molar refractivity (Wildman–Crippen MR) is 135 cm³/mol. The minimum absolute atomic E-state index is 0.00408. The lowest BCUT2D eigenvalue weighted by Gasteiger charge is -2.28. The molecule has 1 aliphatic heterocycles. The molecule has 10 heteroatoms. The number of methoxy groups -OCH3 is 1. The van der Waals surface area contributed by atoms with Crippen LogP contribution in [0.25, 0.3) is 10.9 Å². The van der Waals surface area contributed by atoms with E-state index >= 15 is 0 Å². The van der Waals surface area contributed by atoms with Gasteiger partial charge in [0.15, 0.2) is 12.0 Å². The summed E-state index contributed by atoms with van der Waals surface area (Å²) in [4.78, 5) is 40.0. The molecule has 194 valence electrons. The number of para-hydroxylation sites is 1. The maximum atomic E-state index is 14.6. The summed E-state index contributed by atoms with van der Waals surface area (Å²) in [5, 5.41) is 3.37. The Bertz CT molecular complexity index is 1380. The Balaban J connectivity index is 1.30. The molecule has 2 amide bonds. The average Bonchev–Trinajstić information content (AvgIpc) is 3.37. The van der Waals surface area contributed by atoms with Gasteiger partial charge >= 0.3 is 6.09 Å². The van der Waals surface area contributed by atoms with Crippen LogP contribution in [0.3, 0.4) is 0 Å². The molecule has 5 rings (SSSR count). The first-order chi connectivity index (χ1) is 17.8. The Morgan fingerprint density at radius 2 is 1.95 bits per heavy atom. The fourth-order valence-electron chi connectivity index (χ4n) is 5.21. The number of nitrogens with zero attached hydrogens (tertiary/aromatic N) is 2. The fourth-order valence-corrected chi connectivity index (χ4v) is 5.39. The number of benzene rings is 2. The normalized spacial score (nSPS) is 21.0. The second-order valence-electron chi connectivity index (χ2n) is 9.50. The summed E-state index contributed by atoms with van der Waals surface area (Å²) in [6.07, 6.45) is 1.57. The average molecular weight is 528 g/mol. The molecule has 1 N–H and O–H groups in total. The third-order valence-electron chi connectivity index (χ3n) is 7.04. The molecule has 2 heterocycles. The smallest absolute Gasteiger partial charge is 0.409 e. The Labute approximate surface area is 218 Å². The zero-order valence-corrected chi connectivity index (χ0v) is 21.2. The van der Waals surface area contributed by atoms with E-state index < -0.39 is 24.2 Å². The summed E-state index contributed by atoms with van der Waals surface area (Å²) in [5.41, 5.74) is 1.52. The molecule has 2 fully saturated rings. The van der Waals surface area contributed by atoms with E-state index in [4.69, 9.17) is 21.1 Å². The first-order valence-electron chi connectivity index (χ1n) is 12.1. The topological polar surface area (TPSA) is 89.9 Å². The molecule has 1 saturated heterocycles. The van der Waals surface area contributed by atoms with Crippen LogP contribution < -0.4 is 5.32 Å². The van der Waals surface area contributed by atoms with E-state index in [0.717, 1.165) is 17.3 Å². The lowest BCUT2D eigenvalue weighted by molar-refractivity contribution is -0.140. The van der Waals surface area contributed by atoms with Gasteiger partial charge in [0.25, 0.3) is 0 Å². The number of carbonyl (C=O) groups excluding carboxylic acids is 3. The fraction of sp³-hybridized carbons (Fsp3) is 0.370. The van der Waals surface area contributed by atoms with Gasteiger partial charge in [0, 0.05) is 47.8 Å². The van der Waals surface area contributed by atoms with Gasteiger partial charge in [0.2, 0.25) is 5.91 Å². The van der Waals surface area contributed by atoms with Crippen molar-refractivity contribution in [3.8, 4) is 0 Å². The van der Waals surface area contributed by atoms with Crippen molar-refractivity contribution in [2.75, 3.05) is 13.7 Å². The van der Waals surface area contributed by atoms with Crippen molar-refractivity contribution in [2.45, 2.75) is 44.6 Å².